The van der Waals surface area contributed by atoms with Crippen LogP contribution in [0.2, 0.25) is 0 Å². The average Bonchev–Trinajstić information content (AvgIpc) is 2.46. The Labute approximate surface area is 130 Å². The molecule has 1 aliphatic rings. The van der Waals surface area contributed by atoms with Crippen LogP contribution in [0.15, 0.2) is 0 Å². The number of carbonyl (C=O) groups excluding carboxylic acids is 1. The van der Waals surface area contributed by atoms with Crippen LogP contribution in [0.4, 0.5) is 0 Å². The highest BCUT2D eigenvalue weighted by atomic mass is 16.5. The fourth-order valence-corrected chi connectivity index (χ4v) is 3.11. The van der Waals surface area contributed by atoms with Gasteiger partial charge in [0.05, 0.1) is 6.61 Å². The summed E-state index contributed by atoms with van der Waals surface area (Å²) in [5, 5.41) is 3.40. The number of hydrogen-bond acceptors (Lipinski definition) is 4. The summed E-state index contributed by atoms with van der Waals surface area (Å²) in [7, 11) is 0. The summed E-state index contributed by atoms with van der Waals surface area (Å²) < 4.78 is 5.28. The van der Waals surface area contributed by atoms with Crippen LogP contribution >= 0.6 is 0 Å². The molecule has 0 aromatic carbocycles. The number of ether oxygens (including phenoxy) is 1. The Bertz CT molecular complexity index is 312. The topological polar surface area (TPSA) is 41.6 Å². The van der Waals surface area contributed by atoms with Gasteiger partial charge < -0.3 is 15.0 Å². The van der Waals surface area contributed by atoms with E-state index in [1.165, 1.54) is 12.8 Å². The van der Waals surface area contributed by atoms with Crippen LogP contribution in [0, 0.1) is 11.8 Å². The van der Waals surface area contributed by atoms with E-state index >= 15 is 0 Å². The Kier molecular flexibility index (Phi) is 7.67. The lowest BCUT2D eigenvalue weighted by molar-refractivity contribution is -0.151. The van der Waals surface area contributed by atoms with Gasteiger partial charge in [0, 0.05) is 6.54 Å². The van der Waals surface area contributed by atoms with Crippen molar-refractivity contribution in [2.45, 2.75) is 59.4 Å². The number of esters is 1. The van der Waals surface area contributed by atoms with E-state index in [2.05, 4.69) is 31.0 Å². The molecule has 0 radical (unpaired) electrons. The highest BCUT2D eigenvalue weighted by molar-refractivity contribution is 5.80. The van der Waals surface area contributed by atoms with Crippen molar-refractivity contribution in [2.75, 3.05) is 32.8 Å². The number of nitrogens with one attached hydrogen (secondary N) is 1. The van der Waals surface area contributed by atoms with Gasteiger partial charge in [0.25, 0.3) is 0 Å². The molecule has 0 saturated carbocycles. The quantitative estimate of drug-likeness (QED) is 0.700. The zero-order valence-electron chi connectivity index (χ0n) is 14.6. The molecule has 21 heavy (non-hydrogen) atoms. The van der Waals surface area contributed by atoms with E-state index < -0.39 is 5.54 Å². The van der Waals surface area contributed by atoms with Crippen LogP contribution in [-0.2, 0) is 9.53 Å². The van der Waals surface area contributed by atoms with Crippen molar-refractivity contribution in [3.8, 4) is 0 Å². The highest BCUT2D eigenvalue weighted by Crippen LogP contribution is 2.25. The predicted molar refractivity (Wildman–Crippen MR) is 87.3 cm³/mol. The summed E-state index contributed by atoms with van der Waals surface area (Å²) in [4.78, 5) is 14.7. The number of piperidine rings is 1. The first-order valence-corrected chi connectivity index (χ1v) is 8.57. The number of carbonyl (C=O) groups is 1. The zero-order valence-corrected chi connectivity index (χ0v) is 14.6. The average molecular weight is 298 g/mol. The summed E-state index contributed by atoms with van der Waals surface area (Å²) in [5.74, 6) is 1.48. The molecule has 1 unspecified atom stereocenters. The molecule has 1 N–H and O–H groups in total. The molecule has 0 aromatic rings. The van der Waals surface area contributed by atoms with Gasteiger partial charge in [-0.2, -0.15) is 0 Å². The molecule has 1 rings (SSSR count). The molecule has 0 aliphatic carbocycles. The lowest BCUT2D eigenvalue weighted by atomic mass is 9.86. The number of likely N-dealkylation sites (tertiary alicyclic amines) is 1. The summed E-state index contributed by atoms with van der Waals surface area (Å²) in [5.41, 5.74) is -0.587. The fourth-order valence-electron chi connectivity index (χ4n) is 3.11. The molecule has 4 nitrogen and oxygen atoms in total. The van der Waals surface area contributed by atoms with Crippen LogP contribution in [0.5, 0.6) is 0 Å². The first-order valence-electron chi connectivity index (χ1n) is 8.57. The molecule has 0 spiro atoms. The number of nitrogens with zero attached hydrogens (tertiary/aromatic N) is 1. The zero-order chi connectivity index (χ0) is 15.9. The predicted octanol–water partition coefficient (Wildman–Crippen LogP) is 2.68. The fraction of sp³-hybridized carbons (Fsp3) is 0.941. The van der Waals surface area contributed by atoms with Gasteiger partial charge >= 0.3 is 5.97 Å². The van der Waals surface area contributed by atoms with Gasteiger partial charge in [-0.15, -0.1) is 0 Å². The lowest BCUT2D eigenvalue weighted by Crippen LogP contribution is -2.58. The minimum atomic E-state index is -0.587. The molecule has 0 aromatic heterocycles. The maximum Gasteiger partial charge on any atom is 0.327 e. The second kappa shape index (κ2) is 8.74. The molecule has 0 bridgehead atoms. The first-order chi connectivity index (χ1) is 9.92. The van der Waals surface area contributed by atoms with E-state index in [9.17, 15) is 4.79 Å². The van der Waals surface area contributed by atoms with E-state index in [1.807, 2.05) is 13.8 Å². The molecule has 1 heterocycles. The molecular weight excluding hydrogens is 264 g/mol. The molecule has 4 heteroatoms. The van der Waals surface area contributed by atoms with Crippen molar-refractivity contribution in [3.05, 3.63) is 0 Å². The molecule has 1 atom stereocenters. The van der Waals surface area contributed by atoms with Crippen molar-refractivity contribution in [2.24, 2.45) is 11.8 Å². The molecule has 124 valence electrons. The smallest absolute Gasteiger partial charge is 0.327 e. The normalized spacial score (nSPS) is 20.5. The molecule has 0 amide bonds. The van der Waals surface area contributed by atoms with Gasteiger partial charge in [0.2, 0.25) is 0 Å². The van der Waals surface area contributed by atoms with Crippen molar-refractivity contribution >= 4 is 5.97 Å². The summed E-state index contributed by atoms with van der Waals surface area (Å²) in [6.45, 7) is 14.8. The number of hydrogen-bond donors (Lipinski definition) is 1. The molecule has 1 saturated heterocycles. The van der Waals surface area contributed by atoms with E-state index in [4.69, 9.17) is 4.74 Å². The van der Waals surface area contributed by atoms with E-state index in [-0.39, 0.29) is 5.97 Å². The summed E-state index contributed by atoms with van der Waals surface area (Å²) >= 11 is 0. The SMILES string of the molecule is CCCNC(C)(CN1CCC(C(C)C)CC1)C(=O)OCC. The second-order valence-corrected chi connectivity index (χ2v) is 6.84. The molecular formula is C17H34N2O2. The van der Waals surface area contributed by atoms with E-state index in [1.54, 1.807) is 0 Å². The Morgan fingerprint density at radius 2 is 1.95 bits per heavy atom. The maximum atomic E-state index is 12.3. The minimum Gasteiger partial charge on any atom is -0.465 e. The third-order valence-electron chi connectivity index (χ3n) is 4.61. The van der Waals surface area contributed by atoms with Crippen molar-refractivity contribution < 1.29 is 9.53 Å². The van der Waals surface area contributed by atoms with E-state index in [0.717, 1.165) is 44.4 Å². The Hall–Kier alpha value is -0.610. The van der Waals surface area contributed by atoms with Crippen LogP contribution < -0.4 is 5.32 Å². The monoisotopic (exact) mass is 298 g/mol. The standard InChI is InChI=1S/C17H34N2O2/c1-6-10-18-17(5,16(20)21-7-2)13-19-11-8-15(9-12-19)14(3)4/h14-15,18H,6-13H2,1-5H3. The van der Waals surface area contributed by atoms with Gasteiger partial charge in [0.15, 0.2) is 0 Å². The van der Waals surface area contributed by atoms with E-state index in [0.29, 0.717) is 6.61 Å². The Balaban J connectivity index is 2.59. The van der Waals surface area contributed by atoms with Gasteiger partial charge in [-0.05, 0) is 64.6 Å². The Morgan fingerprint density at radius 3 is 2.43 bits per heavy atom. The highest BCUT2D eigenvalue weighted by Gasteiger charge is 2.37. The maximum absolute atomic E-state index is 12.3. The van der Waals surface area contributed by atoms with Gasteiger partial charge in [-0.25, -0.2) is 0 Å². The molecule has 1 aliphatic heterocycles. The minimum absolute atomic E-state index is 0.121. The lowest BCUT2D eigenvalue weighted by Gasteiger charge is -2.39. The summed E-state index contributed by atoms with van der Waals surface area (Å²) in [6, 6.07) is 0. The Morgan fingerprint density at radius 1 is 1.33 bits per heavy atom. The van der Waals surface area contributed by atoms with Crippen molar-refractivity contribution in [1.82, 2.24) is 10.2 Å². The largest absolute Gasteiger partial charge is 0.465 e. The van der Waals surface area contributed by atoms with Crippen LogP contribution in [0.1, 0.15) is 53.9 Å². The van der Waals surface area contributed by atoms with Gasteiger partial charge in [0.1, 0.15) is 5.54 Å². The third kappa shape index (κ3) is 5.59. The van der Waals surface area contributed by atoms with Crippen LogP contribution in [-0.4, -0.2) is 49.2 Å². The molecule has 1 fully saturated rings. The first kappa shape index (κ1) is 18.4. The second-order valence-electron chi connectivity index (χ2n) is 6.84. The number of rotatable bonds is 8. The van der Waals surface area contributed by atoms with Crippen molar-refractivity contribution in [1.29, 1.82) is 0 Å². The third-order valence-corrected chi connectivity index (χ3v) is 4.61. The summed E-state index contributed by atoms with van der Waals surface area (Å²) in [6.07, 6.45) is 3.50. The van der Waals surface area contributed by atoms with Crippen LogP contribution in [0.25, 0.3) is 0 Å². The van der Waals surface area contributed by atoms with Gasteiger partial charge in [-0.1, -0.05) is 20.8 Å². The van der Waals surface area contributed by atoms with Crippen LogP contribution in [0.3, 0.4) is 0 Å². The van der Waals surface area contributed by atoms with Gasteiger partial charge in [-0.3, -0.25) is 4.79 Å². The van der Waals surface area contributed by atoms with Crippen molar-refractivity contribution in [3.63, 3.8) is 0 Å².